The smallest absolute Gasteiger partial charge is 0.379 e. The second-order valence-corrected chi connectivity index (χ2v) is 1.86. The van der Waals surface area contributed by atoms with Crippen molar-refractivity contribution < 1.29 is 14.6 Å². The van der Waals surface area contributed by atoms with Crippen LogP contribution in [0.4, 0.5) is 0 Å². The molecule has 9 heavy (non-hydrogen) atoms. The number of hydrogen-bond acceptors (Lipinski definition) is 2. The molecule has 2 N–H and O–H groups in total. The molecule has 48 valence electrons. The van der Waals surface area contributed by atoms with Gasteiger partial charge in [-0.15, -0.1) is 4.70 Å². The van der Waals surface area contributed by atoms with Crippen molar-refractivity contribution in [3.8, 4) is 0 Å². The van der Waals surface area contributed by atoms with Gasteiger partial charge in [-0.3, -0.25) is 0 Å². The van der Waals surface area contributed by atoms with Gasteiger partial charge in [-0.25, -0.2) is 4.79 Å². The summed E-state index contributed by atoms with van der Waals surface area (Å²) in [6.45, 7) is 0.414. The highest BCUT2D eigenvalue weighted by Gasteiger charge is 2.29. The lowest BCUT2D eigenvalue weighted by Crippen LogP contribution is -2.26. The summed E-state index contributed by atoms with van der Waals surface area (Å²) in [5.41, 5.74) is 7.01. The van der Waals surface area contributed by atoms with Crippen LogP contribution in [-0.2, 0) is 4.79 Å². The van der Waals surface area contributed by atoms with Crippen LogP contribution in [0.2, 0.25) is 0 Å². The molecule has 0 amide bonds. The number of nitrogens with one attached hydrogen (secondary N) is 1. The van der Waals surface area contributed by atoms with E-state index in [9.17, 15) is 4.79 Å². The fraction of sp³-hybridized carbons (Fsp3) is 0.400. The number of nitrogens with zero attached hydrogens (tertiary/aromatic N) is 1. The third kappa shape index (κ3) is 0.960. The number of carbonyl (C=O) groups is 1. The highest BCUT2D eigenvalue weighted by molar-refractivity contribution is 5.74. The van der Waals surface area contributed by atoms with Crippen molar-refractivity contribution in [2.24, 2.45) is 0 Å². The van der Waals surface area contributed by atoms with Crippen molar-refractivity contribution in [2.75, 3.05) is 6.54 Å². The number of rotatable bonds is 1. The van der Waals surface area contributed by atoms with Gasteiger partial charge in [0.15, 0.2) is 6.54 Å². The molecule has 0 fully saturated rings. The van der Waals surface area contributed by atoms with Gasteiger partial charge in [0.25, 0.3) is 6.04 Å². The van der Waals surface area contributed by atoms with Crippen LogP contribution in [0.15, 0.2) is 12.2 Å². The molecule has 1 atom stereocenters. The summed E-state index contributed by atoms with van der Waals surface area (Å²) in [5.74, 6) is -0.959. The van der Waals surface area contributed by atoms with Crippen LogP contribution >= 0.6 is 0 Å². The number of carboxylic acid groups (broad SMARTS) is 1. The topological polar surface area (TPSA) is 64.2 Å². The summed E-state index contributed by atoms with van der Waals surface area (Å²) in [6.07, 6.45) is 3.18. The van der Waals surface area contributed by atoms with Gasteiger partial charge in [-0.05, 0) is 12.2 Å². The fourth-order valence-electron chi connectivity index (χ4n) is 0.736. The molecule has 1 aliphatic rings. The van der Waals surface area contributed by atoms with Crippen molar-refractivity contribution in [2.45, 2.75) is 6.04 Å². The minimum atomic E-state index is -0.959. The Balaban J connectivity index is 2.71. The zero-order valence-electron chi connectivity index (χ0n) is 4.74. The monoisotopic (exact) mass is 127 g/mol. The van der Waals surface area contributed by atoms with E-state index in [1.165, 1.54) is 6.08 Å². The average molecular weight is 127 g/mol. The summed E-state index contributed by atoms with van der Waals surface area (Å²) < 4.78 is 1.02. The van der Waals surface area contributed by atoms with E-state index in [1.807, 2.05) is 0 Å². The lowest BCUT2D eigenvalue weighted by molar-refractivity contribution is -0.612. The molecule has 0 spiro atoms. The van der Waals surface area contributed by atoms with E-state index in [-0.39, 0.29) is 0 Å². The highest BCUT2D eigenvalue weighted by atomic mass is 16.4. The molecule has 0 aliphatic carbocycles. The van der Waals surface area contributed by atoms with Crippen LogP contribution in [0.5, 0.6) is 0 Å². The van der Waals surface area contributed by atoms with Crippen molar-refractivity contribution >= 4 is 5.97 Å². The zero-order chi connectivity index (χ0) is 6.85. The minimum absolute atomic E-state index is 0.414. The average Bonchev–Trinajstić information content (AvgIpc) is 2.13. The van der Waals surface area contributed by atoms with E-state index < -0.39 is 12.0 Å². The molecule has 0 aromatic carbocycles. The molecule has 1 heterocycles. The van der Waals surface area contributed by atoms with Crippen LogP contribution in [-0.4, -0.2) is 28.4 Å². The molecule has 4 heteroatoms. The summed E-state index contributed by atoms with van der Waals surface area (Å²) >= 11 is 0. The van der Waals surface area contributed by atoms with Crippen LogP contribution in [0, 0.1) is 5.53 Å². The lowest BCUT2D eigenvalue weighted by atomic mass is 10.3. The van der Waals surface area contributed by atoms with Crippen LogP contribution in [0.25, 0.3) is 0 Å². The Hall–Kier alpha value is -1.19. The fourth-order valence-corrected chi connectivity index (χ4v) is 0.736. The van der Waals surface area contributed by atoms with Gasteiger partial charge >= 0.3 is 5.97 Å². The Kier molecular flexibility index (Phi) is 1.30. The molecule has 4 nitrogen and oxygen atoms in total. The maximum absolute atomic E-state index is 10.2. The zero-order valence-corrected chi connectivity index (χ0v) is 4.74. The quantitative estimate of drug-likeness (QED) is 0.386. The first kappa shape index (κ1) is 5.94. The Bertz CT molecular complexity index is 185. The van der Waals surface area contributed by atoms with Crippen molar-refractivity contribution in [1.82, 2.24) is 0 Å². The number of aliphatic carboxylic acids is 1. The van der Waals surface area contributed by atoms with Crippen LogP contribution in [0.1, 0.15) is 0 Å². The maximum atomic E-state index is 10.2. The maximum Gasteiger partial charge on any atom is 0.379 e. The standard InChI is InChI=1S/C5H6N2O2/c6-7-3-1-2-4(7)5(8)9/h1-2,4,6H,3H2/p+1. The summed E-state index contributed by atoms with van der Waals surface area (Å²) in [7, 11) is 0. The lowest BCUT2D eigenvalue weighted by Gasteiger charge is -1.92. The van der Waals surface area contributed by atoms with Crippen LogP contribution < -0.4 is 0 Å². The molecule has 0 radical (unpaired) electrons. The molecule has 1 rings (SSSR count). The molecular formula is C5H7N2O2+. The summed E-state index contributed by atoms with van der Waals surface area (Å²) in [4.78, 5) is 10.2. The number of carboxylic acids is 1. The first-order valence-corrected chi connectivity index (χ1v) is 2.59. The van der Waals surface area contributed by atoms with Crippen molar-refractivity contribution in [1.29, 1.82) is 5.53 Å². The Labute approximate surface area is 51.9 Å². The third-order valence-electron chi connectivity index (χ3n) is 1.21. The minimum Gasteiger partial charge on any atom is -0.476 e. The first-order chi connectivity index (χ1) is 4.22. The van der Waals surface area contributed by atoms with Crippen molar-refractivity contribution in [3.63, 3.8) is 0 Å². The molecule has 0 bridgehead atoms. The Morgan fingerprint density at radius 2 is 2.56 bits per heavy atom. The second-order valence-electron chi connectivity index (χ2n) is 1.86. The van der Waals surface area contributed by atoms with Crippen LogP contribution in [0.3, 0.4) is 0 Å². The summed E-state index contributed by atoms with van der Waals surface area (Å²) in [6, 6.07) is -0.731. The van der Waals surface area contributed by atoms with Gasteiger partial charge in [-0.2, -0.15) is 0 Å². The number of hydrogen-bond donors (Lipinski definition) is 2. The van der Waals surface area contributed by atoms with Gasteiger partial charge in [0.1, 0.15) is 0 Å². The normalized spacial score (nSPS) is 24.9. The van der Waals surface area contributed by atoms with E-state index in [1.54, 1.807) is 6.08 Å². The molecular weight excluding hydrogens is 120 g/mol. The second kappa shape index (κ2) is 1.97. The third-order valence-corrected chi connectivity index (χ3v) is 1.21. The van der Waals surface area contributed by atoms with E-state index in [4.69, 9.17) is 10.6 Å². The molecule has 0 saturated carbocycles. The molecule has 1 aliphatic heterocycles. The van der Waals surface area contributed by atoms with Crippen molar-refractivity contribution in [3.05, 3.63) is 12.2 Å². The Morgan fingerprint density at radius 3 is 2.78 bits per heavy atom. The molecule has 0 aromatic rings. The van der Waals surface area contributed by atoms with E-state index >= 15 is 0 Å². The predicted molar refractivity (Wildman–Crippen MR) is 28.4 cm³/mol. The predicted octanol–water partition coefficient (Wildman–Crippen LogP) is 0.0529. The van der Waals surface area contributed by atoms with Gasteiger partial charge in [0, 0.05) is 0 Å². The Morgan fingerprint density at radius 1 is 1.89 bits per heavy atom. The first-order valence-electron chi connectivity index (χ1n) is 2.59. The SMILES string of the molecule is N=[N+]1CC=CC1C(=O)O. The van der Waals surface area contributed by atoms with Gasteiger partial charge in [0.2, 0.25) is 0 Å². The van der Waals surface area contributed by atoms with Gasteiger partial charge in [-0.1, -0.05) is 5.53 Å². The molecule has 0 aromatic heterocycles. The van der Waals surface area contributed by atoms with Gasteiger partial charge in [0.05, 0.1) is 0 Å². The highest BCUT2D eigenvalue weighted by Crippen LogP contribution is 2.01. The van der Waals surface area contributed by atoms with Gasteiger partial charge < -0.3 is 5.11 Å². The molecule has 1 unspecified atom stereocenters. The molecule has 0 saturated heterocycles. The van der Waals surface area contributed by atoms with E-state index in [0.717, 1.165) is 4.70 Å². The largest absolute Gasteiger partial charge is 0.476 e. The van der Waals surface area contributed by atoms with E-state index in [2.05, 4.69) is 0 Å². The van der Waals surface area contributed by atoms with E-state index in [0.29, 0.717) is 6.54 Å². The summed E-state index contributed by atoms with van der Waals surface area (Å²) in [5, 5.41) is 8.37.